The third-order valence-corrected chi connectivity index (χ3v) is 2.16. The number of carbonyl (C=O) groups excluding carboxylic acids is 2. The molecule has 0 bridgehead atoms. The minimum atomic E-state index is -0.216. The van der Waals surface area contributed by atoms with Gasteiger partial charge in [-0.2, -0.15) is 0 Å². The molecule has 0 amide bonds. The van der Waals surface area contributed by atoms with E-state index in [-0.39, 0.29) is 18.2 Å². The number of furan rings is 1. The summed E-state index contributed by atoms with van der Waals surface area (Å²) in [5.74, 6) is 0.540. The van der Waals surface area contributed by atoms with Gasteiger partial charge in [0.05, 0.1) is 6.26 Å². The van der Waals surface area contributed by atoms with Crippen LogP contribution in [0.2, 0.25) is 0 Å². The van der Waals surface area contributed by atoms with Gasteiger partial charge >= 0.3 is 0 Å². The fourth-order valence-corrected chi connectivity index (χ4v) is 1.41. The Morgan fingerprint density at radius 3 is 2.88 bits per heavy atom. The molecule has 1 heterocycles. The van der Waals surface area contributed by atoms with E-state index < -0.39 is 0 Å². The Kier molecular flexibility index (Phi) is 3.35. The van der Waals surface area contributed by atoms with Gasteiger partial charge in [0.25, 0.3) is 0 Å². The molecule has 0 saturated carbocycles. The highest BCUT2D eigenvalue weighted by Gasteiger charge is 2.12. The third kappa shape index (κ3) is 2.60. The third-order valence-electron chi connectivity index (χ3n) is 2.16. The molecule has 17 heavy (non-hydrogen) atoms. The molecule has 4 heteroatoms. The second-order valence-corrected chi connectivity index (χ2v) is 3.31. The summed E-state index contributed by atoms with van der Waals surface area (Å²) in [5, 5.41) is 0. The zero-order valence-corrected chi connectivity index (χ0v) is 8.96. The monoisotopic (exact) mass is 230 g/mol. The van der Waals surface area contributed by atoms with E-state index in [1.165, 1.54) is 6.26 Å². The van der Waals surface area contributed by atoms with Crippen molar-refractivity contribution in [1.82, 2.24) is 0 Å². The van der Waals surface area contributed by atoms with Crippen molar-refractivity contribution in [2.45, 2.75) is 0 Å². The molecule has 0 spiro atoms. The lowest BCUT2D eigenvalue weighted by molar-refractivity contribution is -0.109. The number of ketones is 1. The number of carbonyl (C=O) groups is 2. The van der Waals surface area contributed by atoms with Crippen molar-refractivity contribution in [2.24, 2.45) is 0 Å². The first-order valence-corrected chi connectivity index (χ1v) is 5.06. The average Bonchev–Trinajstić information content (AvgIpc) is 2.89. The van der Waals surface area contributed by atoms with Crippen molar-refractivity contribution in [3.05, 3.63) is 54.0 Å². The minimum absolute atomic E-state index is 0.0294. The van der Waals surface area contributed by atoms with Crippen LogP contribution in [0.3, 0.4) is 0 Å². The zero-order chi connectivity index (χ0) is 12.1. The van der Waals surface area contributed by atoms with Gasteiger partial charge in [-0.15, -0.1) is 0 Å². The van der Waals surface area contributed by atoms with Gasteiger partial charge in [0.1, 0.15) is 12.4 Å². The molecule has 0 aliphatic heterocycles. The lowest BCUT2D eigenvalue weighted by Gasteiger charge is -2.03. The Balaban J connectivity index is 2.21. The van der Waals surface area contributed by atoms with E-state index in [1.54, 1.807) is 36.4 Å². The summed E-state index contributed by atoms with van der Waals surface area (Å²) >= 11 is 0. The lowest BCUT2D eigenvalue weighted by Crippen LogP contribution is -2.02. The van der Waals surface area contributed by atoms with E-state index in [0.29, 0.717) is 17.6 Å². The molecule has 0 N–H and O–H groups in total. The summed E-state index contributed by atoms with van der Waals surface area (Å²) in [7, 11) is 0. The maximum absolute atomic E-state index is 11.9. The van der Waals surface area contributed by atoms with Crippen LogP contribution in [0.1, 0.15) is 16.1 Å². The summed E-state index contributed by atoms with van der Waals surface area (Å²) in [4.78, 5) is 22.1. The van der Waals surface area contributed by atoms with Crippen LogP contribution in [0.4, 0.5) is 0 Å². The highest BCUT2D eigenvalue weighted by atomic mass is 16.5. The van der Waals surface area contributed by atoms with E-state index in [0.717, 1.165) is 0 Å². The van der Waals surface area contributed by atoms with Crippen molar-refractivity contribution in [3.63, 3.8) is 0 Å². The summed E-state index contributed by atoms with van der Waals surface area (Å²) in [6, 6.07) is 9.87. The summed E-state index contributed by atoms with van der Waals surface area (Å²) in [5.41, 5.74) is 0.461. The molecule has 0 aliphatic rings. The largest absolute Gasteiger partial charge is 0.486 e. The first-order chi connectivity index (χ1) is 8.31. The van der Waals surface area contributed by atoms with Crippen LogP contribution in [0, 0.1) is 0 Å². The summed E-state index contributed by atoms with van der Waals surface area (Å²) in [6.45, 7) is -0.0294. The fraction of sp³-hybridized carbons (Fsp3) is 0.0769. The van der Waals surface area contributed by atoms with Crippen LogP contribution in [-0.4, -0.2) is 18.7 Å². The standard InChI is InChI=1S/C13H10O4/c14-6-8-16-11-4-1-3-10(9-11)13(15)12-5-2-7-17-12/h1-7,9H,8H2. The van der Waals surface area contributed by atoms with Gasteiger partial charge in [-0.3, -0.25) is 9.59 Å². The van der Waals surface area contributed by atoms with Crippen LogP contribution in [0.25, 0.3) is 0 Å². The van der Waals surface area contributed by atoms with Crippen molar-refractivity contribution in [2.75, 3.05) is 6.61 Å². The van der Waals surface area contributed by atoms with Gasteiger partial charge < -0.3 is 9.15 Å². The number of aldehydes is 1. The predicted octanol–water partition coefficient (Wildman–Crippen LogP) is 2.09. The minimum Gasteiger partial charge on any atom is -0.486 e. The van der Waals surface area contributed by atoms with Gasteiger partial charge in [-0.1, -0.05) is 12.1 Å². The molecule has 2 rings (SSSR count). The Bertz CT molecular complexity index is 514. The Hall–Kier alpha value is -2.36. The molecule has 1 aromatic carbocycles. The molecule has 0 aliphatic carbocycles. The second-order valence-electron chi connectivity index (χ2n) is 3.31. The first kappa shape index (κ1) is 11.1. The number of hydrogen-bond acceptors (Lipinski definition) is 4. The zero-order valence-electron chi connectivity index (χ0n) is 8.96. The van der Waals surface area contributed by atoms with Gasteiger partial charge in [-0.25, -0.2) is 0 Å². The molecular weight excluding hydrogens is 220 g/mol. The number of ether oxygens (including phenoxy) is 1. The maximum Gasteiger partial charge on any atom is 0.228 e. The van der Waals surface area contributed by atoms with Gasteiger partial charge in [0.2, 0.25) is 5.78 Å². The molecule has 0 fully saturated rings. The number of benzene rings is 1. The average molecular weight is 230 g/mol. The van der Waals surface area contributed by atoms with E-state index in [1.807, 2.05) is 0 Å². The SMILES string of the molecule is O=CCOc1cccc(C(=O)c2ccco2)c1. The van der Waals surface area contributed by atoms with Gasteiger partial charge in [0, 0.05) is 5.56 Å². The van der Waals surface area contributed by atoms with Gasteiger partial charge in [0.15, 0.2) is 12.0 Å². The van der Waals surface area contributed by atoms with E-state index >= 15 is 0 Å². The fourth-order valence-electron chi connectivity index (χ4n) is 1.41. The molecule has 0 radical (unpaired) electrons. The highest BCUT2D eigenvalue weighted by Crippen LogP contribution is 2.16. The molecule has 2 aromatic rings. The molecular formula is C13H10O4. The molecule has 86 valence electrons. The smallest absolute Gasteiger partial charge is 0.228 e. The van der Waals surface area contributed by atoms with Crippen LogP contribution >= 0.6 is 0 Å². The van der Waals surface area contributed by atoms with Gasteiger partial charge in [-0.05, 0) is 24.3 Å². The quantitative estimate of drug-likeness (QED) is 0.583. The topological polar surface area (TPSA) is 56.5 Å². The normalized spacial score (nSPS) is 9.88. The van der Waals surface area contributed by atoms with Crippen molar-refractivity contribution in [3.8, 4) is 5.75 Å². The molecule has 0 atom stereocenters. The van der Waals surface area contributed by atoms with E-state index in [9.17, 15) is 9.59 Å². The van der Waals surface area contributed by atoms with Crippen LogP contribution in [0.5, 0.6) is 5.75 Å². The maximum atomic E-state index is 11.9. The Morgan fingerprint density at radius 2 is 2.18 bits per heavy atom. The van der Waals surface area contributed by atoms with E-state index in [4.69, 9.17) is 9.15 Å². The predicted molar refractivity (Wildman–Crippen MR) is 60.1 cm³/mol. The summed E-state index contributed by atoms with van der Waals surface area (Å²) < 4.78 is 10.1. The van der Waals surface area contributed by atoms with Crippen LogP contribution in [-0.2, 0) is 4.79 Å². The van der Waals surface area contributed by atoms with Crippen LogP contribution in [0.15, 0.2) is 47.1 Å². The summed E-state index contributed by atoms with van der Waals surface area (Å²) in [6.07, 6.45) is 2.10. The molecule has 0 unspecified atom stereocenters. The molecule has 1 aromatic heterocycles. The van der Waals surface area contributed by atoms with Crippen molar-refractivity contribution < 1.29 is 18.7 Å². The Morgan fingerprint density at radius 1 is 1.29 bits per heavy atom. The number of rotatable bonds is 5. The second kappa shape index (κ2) is 5.12. The van der Waals surface area contributed by atoms with Crippen molar-refractivity contribution in [1.29, 1.82) is 0 Å². The van der Waals surface area contributed by atoms with Crippen LogP contribution < -0.4 is 4.74 Å². The van der Waals surface area contributed by atoms with Crippen molar-refractivity contribution >= 4 is 12.1 Å². The molecule has 0 saturated heterocycles. The Labute approximate surface area is 97.8 Å². The van der Waals surface area contributed by atoms with E-state index in [2.05, 4.69) is 0 Å². The lowest BCUT2D eigenvalue weighted by atomic mass is 10.1. The first-order valence-electron chi connectivity index (χ1n) is 5.06. The molecule has 4 nitrogen and oxygen atoms in total. The number of hydrogen-bond donors (Lipinski definition) is 0. The highest BCUT2D eigenvalue weighted by molar-refractivity contribution is 6.07.